The van der Waals surface area contributed by atoms with Crippen LogP contribution in [0.25, 0.3) is 11.3 Å². The number of carboxylic acid groups (broad SMARTS) is 1. The van der Waals surface area contributed by atoms with Crippen molar-refractivity contribution in [2.45, 2.75) is 38.0 Å². The molecule has 21 heavy (non-hydrogen) atoms. The first kappa shape index (κ1) is 14.3. The van der Waals surface area contributed by atoms with E-state index < -0.39 is 5.97 Å². The van der Waals surface area contributed by atoms with Crippen LogP contribution in [0.5, 0.6) is 0 Å². The summed E-state index contributed by atoms with van der Waals surface area (Å²) in [6, 6.07) is 7.54. The zero-order valence-corrected chi connectivity index (χ0v) is 13.1. The number of hydrogen-bond acceptors (Lipinski definition) is 3. The van der Waals surface area contributed by atoms with Gasteiger partial charge in [-0.25, -0.2) is 4.79 Å². The normalized spacial score (nSPS) is 16.0. The van der Waals surface area contributed by atoms with Gasteiger partial charge in [0.15, 0.2) is 0 Å². The molecule has 1 aliphatic rings. The molecule has 0 aliphatic heterocycles. The fraction of sp³-hybridized carbons (Fsp3) is 0.375. The van der Waals surface area contributed by atoms with Gasteiger partial charge in [-0.2, -0.15) is 0 Å². The number of nitrogens with zero attached hydrogens (tertiary/aromatic N) is 1. The van der Waals surface area contributed by atoms with Crippen molar-refractivity contribution in [2.75, 3.05) is 0 Å². The predicted octanol–water partition coefficient (Wildman–Crippen LogP) is 4.85. The zero-order valence-electron chi connectivity index (χ0n) is 11.5. The van der Waals surface area contributed by atoms with Gasteiger partial charge in [0, 0.05) is 16.1 Å². The SMILES string of the molecule is O=C(O)c1cc(-c2ccc(C3CCCCC3)c(Br)c2)no1. The van der Waals surface area contributed by atoms with Crippen molar-refractivity contribution < 1.29 is 14.4 Å². The molecule has 0 radical (unpaired) electrons. The van der Waals surface area contributed by atoms with Gasteiger partial charge in [-0.05, 0) is 30.4 Å². The molecule has 1 aromatic carbocycles. The van der Waals surface area contributed by atoms with Crippen molar-refractivity contribution in [3.8, 4) is 11.3 Å². The molecule has 4 nitrogen and oxygen atoms in total. The fourth-order valence-electron chi connectivity index (χ4n) is 2.94. The number of aromatic carboxylic acids is 1. The van der Waals surface area contributed by atoms with Crippen molar-refractivity contribution in [3.05, 3.63) is 40.1 Å². The molecule has 1 aliphatic carbocycles. The second-order valence-electron chi connectivity index (χ2n) is 5.45. The maximum Gasteiger partial charge on any atom is 0.374 e. The Bertz CT molecular complexity index is 659. The van der Waals surface area contributed by atoms with E-state index in [9.17, 15) is 4.79 Å². The highest BCUT2D eigenvalue weighted by Crippen LogP contribution is 2.37. The molecule has 5 heteroatoms. The van der Waals surface area contributed by atoms with Crippen molar-refractivity contribution >= 4 is 21.9 Å². The lowest BCUT2D eigenvalue weighted by Gasteiger charge is -2.23. The molecular weight excluding hydrogens is 334 g/mol. The first-order valence-corrected chi connectivity index (χ1v) is 7.94. The molecule has 0 unspecified atom stereocenters. The van der Waals surface area contributed by atoms with E-state index in [0.717, 1.165) is 10.0 Å². The molecule has 1 saturated carbocycles. The molecule has 0 bridgehead atoms. The van der Waals surface area contributed by atoms with E-state index in [1.165, 1.54) is 43.7 Å². The molecule has 0 saturated heterocycles. The number of carboxylic acids is 1. The number of carbonyl (C=O) groups is 1. The Balaban J connectivity index is 1.87. The van der Waals surface area contributed by atoms with E-state index >= 15 is 0 Å². The van der Waals surface area contributed by atoms with Gasteiger partial charge in [-0.3, -0.25) is 0 Å². The third-order valence-electron chi connectivity index (χ3n) is 4.06. The van der Waals surface area contributed by atoms with Crippen LogP contribution in [0.15, 0.2) is 33.3 Å². The fourth-order valence-corrected chi connectivity index (χ4v) is 3.65. The Morgan fingerprint density at radius 3 is 2.62 bits per heavy atom. The lowest BCUT2D eigenvalue weighted by molar-refractivity contribution is 0.0652. The summed E-state index contributed by atoms with van der Waals surface area (Å²) in [4.78, 5) is 10.8. The second-order valence-corrected chi connectivity index (χ2v) is 6.31. The molecular formula is C16H16BrNO3. The third kappa shape index (κ3) is 3.02. The average Bonchev–Trinajstić information content (AvgIpc) is 2.98. The number of halogens is 1. The van der Waals surface area contributed by atoms with E-state index in [4.69, 9.17) is 9.63 Å². The molecule has 110 valence electrons. The summed E-state index contributed by atoms with van der Waals surface area (Å²) in [5, 5.41) is 12.7. The molecule has 1 aromatic heterocycles. The van der Waals surface area contributed by atoms with Gasteiger partial charge in [0.25, 0.3) is 0 Å². The first-order chi connectivity index (χ1) is 10.1. The average molecular weight is 350 g/mol. The summed E-state index contributed by atoms with van der Waals surface area (Å²) < 4.78 is 5.86. The lowest BCUT2D eigenvalue weighted by Crippen LogP contribution is -2.05. The number of benzene rings is 1. The van der Waals surface area contributed by atoms with Crippen LogP contribution in [0.1, 0.15) is 54.1 Å². The maximum absolute atomic E-state index is 10.8. The zero-order chi connectivity index (χ0) is 14.8. The number of rotatable bonds is 3. The highest BCUT2D eigenvalue weighted by molar-refractivity contribution is 9.10. The summed E-state index contributed by atoms with van der Waals surface area (Å²) in [7, 11) is 0. The highest BCUT2D eigenvalue weighted by Gasteiger charge is 2.19. The Labute approximate surface area is 131 Å². The van der Waals surface area contributed by atoms with E-state index in [1.54, 1.807) is 0 Å². The van der Waals surface area contributed by atoms with Crippen LogP contribution in [-0.2, 0) is 0 Å². The summed E-state index contributed by atoms with van der Waals surface area (Å²) in [5.41, 5.74) is 2.74. The number of aromatic nitrogens is 1. The van der Waals surface area contributed by atoms with Crippen LogP contribution in [-0.4, -0.2) is 16.2 Å². The van der Waals surface area contributed by atoms with Crippen molar-refractivity contribution in [2.24, 2.45) is 0 Å². The quantitative estimate of drug-likeness (QED) is 0.859. The predicted molar refractivity (Wildman–Crippen MR) is 82.4 cm³/mol. The molecule has 1 heterocycles. The Kier molecular flexibility index (Phi) is 4.10. The largest absolute Gasteiger partial charge is 0.475 e. The monoisotopic (exact) mass is 349 g/mol. The summed E-state index contributed by atoms with van der Waals surface area (Å²) in [6.07, 6.45) is 6.41. The van der Waals surface area contributed by atoms with Crippen LogP contribution < -0.4 is 0 Å². The molecule has 0 spiro atoms. The van der Waals surface area contributed by atoms with Crippen LogP contribution >= 0.6 is 15.9 Å². The van der Waals surface area contributed by atoms with Gasteiger partial charge >= 0.3 is 5.97 Å². The third-order valence-corrected chi connectivity index (χ3v) is 4.75. The summed E-state index contributed by atoms with van der Waals surface area (Å²) in [5.74, 6) is -0.627. The van der Waals surface area contributed by atoms with E-state index in [2.05, 4.69) is 27.2 Å². The minimum Gasteiger partial charge on any atom is -0.475 e. The molecule has 2 aromatic rings. The maximum atomic E-state index is 10.8. The topological polar surface area (TPSA) is 63.3 Å². The minimum absolute atomic E-state index is 0.141. The molecule has 3 rings (SSSR count). The Morgan fingerprint density at radius 2 is 2.00 bits per heavy atom. The summed E-state index contributed by atoms with van der Waals surface area (Å²) >= 11 is 3.64. The molecule has 1 N–H and O–H groups in total. The number of hydrogen-bond donors (Lipinski definition) is 1. The Hall–Kier alpha value is -1.62. The highest BCUT2D eigenvalue weighted by atomic mass is 79.9. The minimum atomic E-state index is -1.10. The molecule has 0 amide bonds. The Morgan fingerprint density at radius 1 is 1.24 bits per heavy atom. The molecule has 1 fully saturated rings. The second kappa shape index (κ2) is 6.02. The van der Waals surface area contributed by atoms with Crippen LogP contribution in [0.4, 0.5) is 0 Å². The summed E-state index contributed by atoms with van der Waals surface area (Å²) in [6.45, 7) is 0. The van der Waals surface area contributed by atoms with Crippen molar-refractivity contribution in [3.63, 3.8) is 0 Å². The van der Waals surface area contributed by atoms with Gasteiger partial charge in [-0.1, -0.05) is 52.5 Å². The van der Waals surface area contributed by atoms with Gasteiger partial charge < -0.3 is 9.63 Å². The van der Waals surface area contributed by atoms with E-state index in [0.29, 0.717) is 11.6 Å². The van der Waals surface area contributed by atoms with Crippen LogP contribution in [0.2, 0.25) is 0 Å². The van der Waals surface area contributed by atoms with Gasteiger partial charge in [0.1, 0.15) is 5.69 Å². The van der Waals surface area contributed by atoms with Crippen molar-refractivity contribution in [1.82, 2.24) is 5.16 Å². The smallest absolute Gasteiger partial charge is 0.374 e. The molecule has 0 atom stereocenters. The van der Waals surface area contributed by atoms with E-state index in [1.807, 2.05) is 12.1 Å². The lowest BCUT2D eigenvalue weighted by atomic mass is 9.84. The van der Waals surface area contributed by atoms with Crippen LogP contribution in [0, 0.1) is 0 Å². The van der Waals surface area contributed by atoms with E-state index in [-0.39, 0.29) is 5.76 Å². The standard InChI is InChI=1S/C16H16BrNO3/c17-13-8-11(14-9-15(16(19)20)21-18-14)6-7-12(13)10-4-2-1-3-5-10/h6-10H,1-5H2,(H,19,20). The van der Waals surface area contributed by atoms with Gasteiger partial charge in [0.2, 0.25) is 5.76 Å². The van der Waals surface area contributed by atoms with Crippen molar-refractivity contribution in [1.29, 1.82) is 0 Å². The first-order valence-electron chi connectivity index (χ1n) is 7.15. The van der Waals surface area contributed by atoms with Crippen LogP contribution in [0.3, 0.4) is 0 Å². The van der Waals surface area contributed by atoms with Gasteiger partial charge in [0.05, 0.1) is 0 Å². The van der Waals surface area contributed by atoms with Gasteiger partial charge in [-0.15, -0.1) is 0 Å².